The summed E-state index contributed by atoms with van der Waals surface area (Å²) < 4.78 is 0. The van der Waals surface area contributed by atoms with Crippen LogP contribution in [0, 0.1) is 11.8 Å². The van der Waals surface area contributed by atoms with E-state index in [1.165, 1.54) is 25.8 Å². The highest BCUT2D eigenvalue weighted by Crippen LogP contribution is 2.57. The molecule has 1 nitrogen and oxygen atoms in total. The van der Waals surface area contributed by atoms with Crippen LogP contribution in [-0.4, -0.2) is 13.1 Å². The van der Waals surface area contributed by atoms with Crippen molar-refractivity contribution in [2.45, 2.75) is 45.4 Å². The van der Waals surface area contributed by atoms with E-state index in [1.807, 2.05) is 0 Å². The largest absolute Gasteiger partial charge is 0.316 e. The lowest BCUT2D eigenvalue weighted by atomic mass is 9.88. The van der Waals surface area contributed by atoms with Gasteiger partial charge in [-0.25, -0.2) is 0 Å². The van der Waals surface area contributed by atoms with E-state index < -0.39 is 0 Å². The molecule has 0 aromatic heterocycles. The van der Waals surface area contributed by atoms with Gasteiger partial charge in [-0.15, -0.1) is 0 Å². The van der Waals surface area contributed by atoms with Crippen LogP contribution in [0.2, 0.25) is 0 Å². The second-order valence-electron chi connectivity index (χ2n) is 6.23. The Morgan fingerprint density at radius 3 is 2.61 bits per heavy atom. The molecule has 1 fully saturated rings. The number of benzene rings is 1. The van der Waals surface area contributed by atoms with Crippen molar-refractivity contribution < 1.29 is 0 Å². The highest BCUT2D eigenvalue weighted by molar-refractivity contribution is 5.33. The molecule has 1 aromatic rings. The van der Waals surface area contributed by atoms with Crippen molar-refractivity contribution in [2.24, 2.45) is 11.8 Å². The Kier molecular flexibility index (Phi) is 4.45. The maximum Gasteiger partial charge on any atom is -0.000303 e. The van der Waals surface area contributed by atoms with E-state index in [-0.39, 0.29) is 0 Å². The Balaban J connectivity index is 1.95. The first kappa shape index (κ1) is 13.6. The Morgan fingerprint density at radius 1 is 1.28 bits per heavy atom. The molecule has 1 aliphatic rings. The minimum atomic E-state index is 0.486. The van der Waals surface area contributed by atoms with E-state index in [1.54, 1.807) is 5.56 Å². The number of hydrogen-bond donors (Lipinski definition) is 1. The molecular weight excluding hydrogens is 218 g/mol. The molecule has 1 saturated carbocycles. The third-order valence-corrected chi connectivity index (χ3v) is 4.22. The van der Waals surface area contributed by atoms with Gasteiger partial charge >= 0.3 is 0 Å². The SMILES string of the molecule is CCCC1(c2ccccc2)CC1CNCC(C)C. The fraction of sp³-hybridized carbons (Fsp3) is 0.647. The molecule has 1 N–H and O–H groups in total. The summed E-state index contributed by atoms with van der Waals surface area (Å²) in [5, 5.41) is 3.63. The monoisotopic (exact) mass is 245 g/mol. The van der Waals surface area contributed by atoms with Gasteiger partial charge in [-0.1, -0.05) is 57.5 Å². The van der Waals surface area contributed by atoms with Crippen LogP contribution in [0.1, 0.15) is 45.6 Å². The normalized spacial score (nSPS) is 26.6. The molecular formula is C17H27N. The first-order valence-corrected chi connectivity index (χ1v) is 7.45. The molecule has 0 spiro atoms. The van der Waals surface area contributed by atoms with Crippen molar-refractivity contribution in [3.05, 3.63) is 35.9 Å². The predicted octanol–water partition coefficient (Wildman–Crippen LogP) is 3.99. The maximum atomic E-state index is 3.63. The minimum absolute atomic E-state index is 0.486. The van der Waals surface area contributed by atoms with Crippen LogP contribution < -0.4 is 5.32 Å². The first-order valence-electron chi connectivity index (χ1n) is 7.45. The van der Waals surface area contributed by atoms with E-state index in [4.69, 9.17) is 0 Å². The topological polar surface area (TPSA) is 12.0 Å². The molecule has 100 valence electrons. The van der Waals surface area contributed by atoms with Crippen LogP contribution in [0.25, 0.3) is 0 Å². The van der Waals surface area contributed by atoms with Gasteiger partial charge in [0.2, 0.25) is 0 Å². The van der Waals surface area contributed by atoms with E-state index in [9.17, 15) is 0 Å². The van der Waals surface area contributed by atoms with Crippen molar-refractivity contribution in [2.75, 3.05) is 13.1 Å². The molecule has 0 aliphatic heterocycles. The Bertz CT molecular complexity index is 357. The first-order chi connectivity index (χ1) is 8.69. The molecule has 0 radical (unpaired) electrons. The van der Waals surface area contributed by atoms with Gasteiger partial charge in [0.05, 0.1) is 0 Å². The molecule has 1 heteroatoms. The van der Waals surface area contributed by atoms with Gasteiger partial charge in [0, 0.05) is 0 Å². The van der Waals surface area contributed by atoms with Gasteiger partial charge in [-0.2, -0.15) is 0 Å². The van der Waals surface area contributed by atoms with Crippen molar-refractivity contribution in [1.29, 1.82) is 0 Å². The van der Waals surface area contributed by atoms with Gasteiger partial charge < -0.3 is 5.32 Å². The fourth-order valence-corrected chi connectivity index (χ4v) is 3.21. The average molecular weight is 245 g/mol. The molecule has 18 heavy (non-hydrogen) atoms. The van der Waals surface area contributed by atoms with Crippen LogP contribution in [0.4, 0.5) is 0 Å². The summed E-state index contributed by atoms with van der Waals surface area (Å²) >= 11 is 0. The number of hydrogen-bond acceptors (Lipinski definition) is 1. The molecule has 0 heterocycles. The summed E-state index contributed by atoms with van der Waals surface area (Å²) in [4.78, 5) is 0. The highest BCUT2D eigenvalue weighted by atomic mass is 14.9. The van der Waals surface area contributed by atoms with Crippen molar-refractivity contribution >= 4 is 0 Å². The zero-order chi connectivity index (χ0) is 13.0. The lowest BCUT2D eigenvalue weighted by molar-refractivity contribution is 0.487. The fourth-order valence-electron chi connectivity index (χ4n) is 3.21. The van der Waals surface area contributed by atoms with Crippen LogP contribution in [0.5, 0.6) is 0 Å². The summed E-state index contributed by atoms with van der Waals surface area (Å²) in [6, 6.07) is 11.1. The maximum absolute atomic E-state index is 3.63. The molecule has 1 aromatic carbocycles. The van der Waals surface area contributed by atoms with Gasteiger partial charge in [-0.05, 0) is 48.7 Å². The molecule has 2 unspecified atom stereocenters. The second-order valence-corrected chi connectivity index (χ2v) is 6.23. The lowest BCUT2D eigenvalue weighted by Crippen LogP contribution is -2.25. The van der Waals surface area contributed by atoms with Crippen LogP contribution in [-0.2, 0) is 5.41 Å². The summed E-state index contributed by atoms with van der Waals surface area (Å²) in [7, 11) is 0. The molecule has 1 aliphatic carbocycles. The van der Waals surface area contributed by atoms with E-state index >= 15 is 0 Å². The third-order valence-electron chi connectivity index (χ3n) is 4.22. The van der Waals surface area contributed by atoms with Crippen molar-refractivity contribution in [1.82, 2.24) is 5.32 Å². The standard InChI is InChI=1S/C17H27N/c1-4-10-17(15-8-6-5-7-9-15)11-16(17)13-18-12-14(2)3/h5-9,14,16,18H,4,10-13H2,1-3H3. The summed E-state index contributed by atoms with van der Waals surface area (Å²) in [6.07, 6.45) is 4.00. The Labute approximate surface area is 112 Å². The summed E-state index contributed by atoms with van der Waals surface area (Å²) in [6.45, 7) is 9.19. The quantitative estimate of drug-likeness (QED) is 0.766. The minimum Gasteiger partial charge on any atom is -0.316 e. The smallest absolute Gasteiger partial charge is 0.000303 e. The van der Waals surface area contributed by atoms with Gasteiger partial charge in [0.15, 0.2) is 0 Å². The Morgan fingerprint density at radius 2 is 2.00 bits per heavy atom. The molecule has 0 bridgehead atoms. The van der Waals surface area contributed by atoms with Crippen molar-refractivity contribution in [3.8, 4) is 0 Å². The molecule has 0 amide bonds. The highest BCUT2D eigenvalue weighted by Gasteiger charge is 2.53. The van der Waals surface area contributed by atoms with E-state index in [0.29, 0.717) is 5.41 Å². The number of nitrogens with one attached hydrogen (secondary N) is 1. The van der Waals surface area contributed by atoms with Gasteiger partial charge in [0.1, 0.15) is 0 Å². The third kappa shape index (κ3) is 2.95. The van der Waals surface area contributed by atoms with Gasteiger partial charge in [0.25, 0.3) is 0 Å². The van der Waals surface area contributed by atoms with Crippen LogP contribution in [0.15, 0.2) is 30.3 Å². The summed E-state index contributed by atoms with van der Waals surface area (Å²) in [5.74, 6) is 1.60. The van der Waals surface area contributed by atoms with Crippen LogP contribution in [0.3, 0.4) is 0 Å². The summed E-state index contributed by atoms with van der Waals surface area (Å²) in [5.41, 5.74) is 2.04. The van der Waals surface area contributed by atoms with E-state index in [2.05, 4.69) is 56.4 Å². The molecule has 2 atom stereocenters. The molecule has 0 saturated heterocycles. The zero-order valence-electron chi connectivity index (χ0n) is 12.1. The molecule has 2 rings (SSSR count). The Hall–Kier alpha value is -0.820. The van der Waals surface area contributed by atoms with E-state index in [0.717, 1.165) is 18.4 Å². The zero-order valence-corrected chi connectivity index (χ0v) is 12.1. The lowest BCUT2D eigenvalue weighted by Gasteiger charge is -2.18. The second kappa shape index (κ2) is 5.88. The number of rotatable bonds is 7. The van der Waals surface area contributed by atoms with Gasteiger partial charge in [-0.3, -0.25) is 0 Å². The predicted molar refractivity (Wildman–Crippen MR) is 78.8 cm³/mol. The average Bonchev–Trinajstić information content (AvgIpc) is 3.05. The van der Waals surface area contributed by atoms with Crippen LogP contribution >= 0.6 is 0 Å². The van der Waals surface area contributed by atoms with Crippen molar-refractivity contribution in [3.63, 3.8) is 0 Å².